The highest BCUT2D eigenvalue weighted by molar-refractivity contribution is 7.13. The highest BCUT2D eigenvalue weighted by Crippen LogP contribution is 2.32. The third kappa shape index (κ3) is 2.65. The van der Waals surface area contributed by atoms with Crippen LogP contribution in [-0.2, 0) is 10.2 Å². The number of hydrogen-bond donors (Lipinski definition) is 1. The normalized spacial score (nSPS) is 11.4. The lowest BCUT2D eigenvalue weighted by Crippen LogP contribution is -2.29. The van der Waals surface area contributed by atoms with Crippen molar-refractivity contribution in [1.29, 1.82) is 0 Å². The lowest BCUT2D eigenvalue weighted by molar-refractivity contribution is -0.142. The second-order valence-electron chi connectivity index (χ2n) is 4.98. The van der Waals surface area contributed by atoms with E-state index in [-0.39, 0.29) is 5.82 Å². The molecule has 0 unspecified atom stereocenters. The van der Waals surface area contributed by atoms with E-state index in [0.717, 1.165) is 5.69 Å². The van der Waals surface area contributed by atoms with Crippen LogP contribution in [0.4, 0.5) is 15.2 Å². The Hall–Kier alpha value is -1.95. The third-order valence-electron chi connectivity index (χ3n) is 3.17. The number of carboxylic acid groups (broad SMARTS) is 1. The summed E-state index contributed by atoms with van der Waals surface area (Å²) < 4.78 is 12.9. The fourth-order valence-electron chi connectivity index (χ4n) is 1.59. The van der Waals surface area contributed by atoms with Crippen LogP contribution in [0.15, 0.2) is 29.6 Å². The van der Waals surface area contributed by atoms with Gasteiger partial charge < -0.3 is 10.0 Å². The van der Waals surface area contributed by atoms with Crippen LogP contribution in [0.25, 0.3) is 0 Å². The van der Waals surface area contributed by atoms with E-state index in [9.17, 15) is 14.3 Å². The van der Waals surface area contributed by atoms with Crippen LogP contribution in [0.5, 0.6) is 0 Å². The summed E-state index contributed by atoms with van der Waals surface area (Å²) in [4.78, 5) is 17.4. The zero-order valence-corrected chi connectivity index (χ0v) is 12.2. The second-order valence-corrected chi connectivity index (χ2v) is 5.82. The summed E-state index contributed by atoms with van der Waals surface area (Å²) in [7, 11) is 1.81. The van der Waals surface area contributed by atoms with Crippen molar-refractivity contribution in [3.63, 3.8) is 0 Å². The smallest absolute Gasteiger partial charge is 0.315 e. The number of carbonyl (C=O) groups is 1. The van der Waals surface area contributed by atoms with Gasteiger partial charge in [-0.3, -0.25) is 4.79 Å². The van der Waals surface area contributed by atoms with Gasteiger partial charge in [0.1, 0.15) is 11.2 Å². The molecule has 0 saturated heterocycles. The van der Waals surface area contributed by atoms with E-state index >= 15 is 0 Å². The van der Waals surface area contributed by atoms with Crippen LogP contribution >= 0.6 is 11.3 Å². The summed E-state index contributed by atoms with van der Waals surface area (Å²) in [6.45, 7) is 3.23. The molecule has 0 aliphatic carbocycles. The van der Waals surface area contributed by atoms with Gasteiger partial charge in [0, 0.05) is 18.1 Å². The van der Waals surface area contributed by atoms with Crippen molar-refractivity contribution in [2.24, 2.45) is 0 Å². The minimum absolute atomic E-state index is 0.297. The van der Waals surface area contributed by atoms with E-state index in [1.165, 1.54) is 23.5 Å². The Kier molecular flexibility index (Phi) is 3.76. The van der Waals surface area contributed by atoms with Crippen LogP contribution in [0.3, 0.4) is 0 Å². The highest BCUT2D eigenvalue weighted by atomic mass is 32.1. The van der Waals surface area contributed by atoms with Gasteiger partial charge in [0.2, 0.25) is 0 Å². The monoisotopic (exact) mass is 294 g/mol. The minimum Gasteiger partial charge on any atom is -0.481 e. The topological polar surface area (TPSA) is 53.4 Å². The van der Waals surface area contributed by atoms with Crippen molar-refractivity contribution in [2.75, 3.05) is 11.9 Å². The summed E-state index contributed by atoms with van der Waals surface area (Å²) >= 11 is 1.36. The molecule has 0 amide bonds. The van der Waals surface area contributed by atoms with Gasteiger partial charge in [-0.05, 0) is 38.1 Å². The van der Waals surface area contributed by atoms with Crippen molar-refractivity contribution < 1.29 is 14.3 Å². The van der Waals surface area contributed by atoms with Crippen LogP contribution in [0.2, 0.25) is 0 Å². The van der Waals surface area contributed by atoms with Gasteiger partial charge in [0.25, 0.3) is 0 Å². The SMILES string of the molecule is CN(c1ccc(F)cc1)c1nc(C(C)(C)C(=O)O)cs1. The first kappa shape index (κ1) is 14.5. The van der Waals surface area contributed by atoms with E-state index in [0.29, 0.717) is 10.8 Å². The van der Waals surface area contributed by atoms with Crippen LogP contribution in [0, 0.1) is 5.82 Å². The van der Waals surface area contributed by atoms with E-state index in [4.69, 9.17) is 0 Å². The van der Waals surface area contributed by atoms with Crippen molar-refractivity contribution >= 4 is 28.1 Å². The summed E-state index contributed by atoms with van der Waals surface area (Å²) in [6, 6.07) is 6.06. The number of thiazole rings is 1. The van der Waals surface area contributed by atoms with E-state index in [1.54, 1.807) is 36.3 Å². The molecule has 0 bridgehead atoms. The Labute approximate surface area is 120 Å². The van der Waals surface area contributed by atoms with Crippen molar-refractivity contribution in [3.05, 3.63) is 41.2 Å². The molecule has 2 aromatic rings. The number of aromatic nitrogens is 1. The number of aliphatic carboxylic acids is 1. The van der Waals surface area contributed by atoms with Gasteiger partial charge in [0.15, 0.2) is 5.13 Å². The average Bonchev–Trinajstić information content (AvgIpc) is 2.88. The van der Waals surface area contributed by atoms with E-state index < -0.39 is 11.4 Å². The molecule has 1 aromatic carbocycles. The zero-order valence-electron chi connectivity index (χ0n) is 11.4. The van der Waals surface area contributed by atoms with Gasteiger partial charge in [-0.15, -0.1) is 11.3 Å². The first-order valence-corrected chi connectivity index (χ1v) is 6.89. The molecular formula is C14H15FN2O2S. The molecule has 1 aromatic heterocycles. The molecule has 0 atom stereocenters. The number of carboxylic acids is 1. The molecule has 0 saturated carbocycles. The fraction of sp³-hybridized carbons (Fsp3) is 0.286. The van der Waals surface area contributed by atoms with Gasteiger partial charge in [-0.2, -0.15) is 0 Å². The molecule has 0 fully saturated rings. The number of halogens is 1. The Bertz CT molecular complexity index is 622. The summed E-state index contributed by atoms with van der Waals surface area (Å²) in [5.74, 6) is -1.22. The van der Waals surface area contributed by atoms with Crippen LogP contribution in [0.1, 0.15) is 19.5 Å². The maximum atomic E-state index is 12.9. The average molecular weight is 294 g/mol. The Morgan fingerprint density at radius 3 is 2.50 bits per heavy atom. The predicted molar refractivity (Wildman–Crippen MR) is 77.2 cm³/mol. The van der Waals surface area contributed by atoms with Crippen LogP contribution in [-0.4, -0.2) is 23.1 Å². The number of hydrogen-bond acceptors (Lipinski definition) is 4. The highest BCUT2D eigenvalue weighted by Gasteiger charge is 2.32. The Morgan fingerprint density at radius 1 is 1.35 bits per heavy atom. The van der Waals surface area contributed by atoms with Crippen molar-refractivity contribution in [1.82, 2.24) is 4.98 Å². The first-order valence-electron chi connectivity index (χ1n) is 6.01. The molecule has 0 radical (unpaired) electrons. The van der Waals surface area contributed by atoms with Crippen molar-refractivity contribution in [2.45, 2.75) is 19.3 Å². The second kappa shape index (κ2) is 5.20. The summed E-state index contributed by atoms with van der Waals surface area (Å²) in [5.41, 5.74) is 0.276. The minimum atomic E-state index is -1.03. The predicted octanol–water partition coefficient (Wildman–Crippen LogP) is 3.41. The molecule has 1 heterocycles. The number of rotatable bonds is 4. The number of anilines is 2. The molecule has 106 valence electrons. The zero-order chi connectivity index (χ0) is 14.9. The van der Waals surface area contributed by atoms with Gasteiger partial charge in [-0.25, -0.2) is 9.37 Å². The lowest BCUT2D eigenvalue weighted by atomic mass is 9.90. The fourth-order valence-corrected chi connectivity index (χ4v) is 2.57. The summed E-state index contributed by atoms with van der Waals surface area (Å²) in [5, 5.41) is 11.6. The van der Waals surface area contributed by atoms with Gasteiger partial charge >= 0.3 is 5.97 Å². The standard InChI is InChI=1S/C14H15FN2O2S/c1-14(2,12(18)19)11-8-20-13(16-11)17(3)10-6-4-9(15)5-7-10/h4-8H,1-3H3,(H,18,19). The maximum absolute atomic E-state index is 12.9. The largest absolute Gasteiger partial charge is 0.481 e. The molecule has 0 aliphatic heterocycles. The Balaban J connectivity index is 2.29. The first-order chi connectivity index (χ1) is 9.32. The molecule has 0 aliphatic rings. The van der Waals surface area contributed by atoms with E-state index in [1.807, 2.05) is 7.05 Å². The van der Waals surface area contributed by atoms with Gasteiger partial charge in [-0.1, -0.05) is 0 Å². The summed E-state index contributed by atoms with van der Waals surface area (Å²) in [6.07, 6.45) is 0. The quantitative estimate of drug-likeness (QED) is 0.939. The lowest BCUT2D eigenvalue weighted by Gasteiger charge is -2.18. The third-order valence-corrected chi connectivity index (χ3v) is 4.09. The van der Waals surface area contributed by atoms with Gasteiger partial charge in [0.05, 0.1) is 5.69 Å². The molecular weight excluding hydrogens is 279 g/mol. The Morgan fingerprint density at radius 2 is 1.95 bits per heavy atom. The molecule has 20 heavy (non-hydrogen) atoms. The molecule has 0 spiro atoms. The maximum Gasteiger partial charge on any atom is 0.315 e. The molecule has 4 nitrogen and oxygen atoms in total. The van der Waals surface area contributed by atoms with E-state index in [2.05, 4.69) is 4.98 Å². The molecule has 6 heteroatoms. The number of nitrogens with zero attached hydrogens (tertiary/aromatic N) is 2. The van der Waals surface area contributed by atoms with Crippen LogP contribution < -0.4 is 4.90 Å². The molecule has 2 rings (SSSR count). The van der Waals surface area contributed by atoms with Crippen molar-refractivity contribution in [3.8, 4) is 0 Å². The molecule has 1 N–H and O–H groups in total. The number of benzene rings is 1.